The van der Waals surface area contributed by atoms with Crippen molar-refractivity contribution in [1.29, 1.82) is 0 Å². The van der Waals surface area contributed by atoms with Crippen molar-refractivity contribution in [2.45, 2.75) is 215 Å². The minimum Gasteiger partial charge on any atom is -1.00 e. The van der Waals surface area contributed by atoms with Crippen molar-refractivity contribution in [2.24, 2.45) is 105 Å². The number of ketones is 2. The first-order chi connectivity index (χ1) is 32.0. The molecule has 7 N–H and O–H groups in total. The van der Waals surface area contributed by atoms with Crippen LogP contribution < -0.4 is 29.6 Å². The number of hydrogen-bond acceptors (Lipinski definition) is 10. The van der Waals surface area contributed by atoms with Gasteiger partial charge in [-0.1, -0.05) is 61.8 Å². The molecular weight excluding hydrogens is 898 g/mol. The summed E-state index contributed by atoms with van der Waals surface area (Å²) in [6.45, 7) is 18.4. The summed E-state index contributed by atoms with van der Waals surface area (Å²) >= 11 is 0. The van der Waals surface area contributed by atoms with Crippen LogP contribution >= 0.6 is 0 Å². The van der Waals surface area contributed by atoms with E-state index in [0.717, 1.165) is 96.5 Å². The zero-order valence-corrected chi connectivity index (χ0v) is 46.6. The Kier molecular flexibility index (Phi) is 20.2. The van der Waals surface area contributed by atoms with E-state index in [4.69, 9.17) is 20.1 Å². The van der Waals surface area contributed by atoms with E-state index >= 15 is 0 Å². The molecule has 9 rings (SSSR count). The number of ether oxygens (including phenoxy) is 1. The Hall–Kier alpha value is -0.895. The van der Waals surface area contributed by atoms with Gasteiger partial charge in [0.05, 0.1) is 24.4 Å². The molecule has 23 atom stereocenters. The summed E-state index contributed by atoms with van der Waals surface area (Å²) < 4.78 is 4.71. The number of hydrogen-bond donors (Lipinski definition) is 7. The van der Waals surface area contributed by atoms with E-state index in [9.17, 15) is 39.6 Å². The van der Waals surface area contributed by atoms with E-state index < -0.39 is 30.4 Å². The van der Waals surface area contributed by atoms with Gasteiger partial charge in [-0.25, -0.2) is 0 Å². The second kappa shape index (κ2) is 23.6. The predicted octanol–water partition coefficient (Wildman–Crippen LogP) is 5.44. The van der Waals surface area contributed by atoms with Crippen LogP contribution in [0.3, 0.4) is 0 Å². The third-order valence-electron chi connectivity index (χ3n) is 22.2. The molecule has 9 aliphatic rings. The normalized spacial score (nSPS) is 47.5. The standard InChI is InChI=1S/C26H44O5.C26H40O5.C4H8O2.B.Na.H/c2*1-5-16-19-12-15(27)10-11-25(19,3)23-20(28)13-26(4)17(14(2)6-9-21(29)30)7-8-18(26)22(23)24(16)31;5-4-2-1-3-6-4;;;/h14-20,22-24,27-28,31H,5-13H2,1-4H3,(H,29,30);14-19,22-23,27H,5-13H2,1-4H3,(H,29,30);4-5H,1-3H2;;;/q;;;;+1;-1/t14-,15-,16-,17-,18?,19+,20+,22?,23?,24-,25+,26-;14-,15-,16-,17-,18?,19+,22?,23?,25+,26-;;;;/m11..../s1. The molecule has 0 spiro atoms. The van der Waals surface area contributed by atoms with Crippen LogP contribution in [0, 0.1) is 105 Å². The number of aliphatic hydroxyl groups is 5. The zero-order valence-electron chi connectivity index (χ0n) is 45.6. The fourth-order valence-corrected chi connectivity index (χ4v) is 19.1. The molecule has 0 bridgehead atoms. The van der Waals surface area contributed by atoms with Crippen molar-refractivity contribution >= 4 is 31.9 Å². The average molecular weight is 992 g/mol. The van der Waals surface area contributed by atoms with Crippen LogP contribution in [0.15, 0.2) is 0 Å². The number of aliphatic hydroxyl groups excluding tert-OH is 5. The number of rotatable bonds is 10. The molecule has 12 nitrogen and oxygen atoms in total. The van der Waals surface area contributed by atoms with Gasteiger partial charge in [0.1, 0.15) is 11.6 Å². The van der Waals surface area contributed by atoms with Crippen molar-refractivity contribution in [1.82, 2.24) is 0 Å². The Labute approximate surface area is 445 Å². The Morgan fingerprint density at radius 1 is 0.700 bits per heavy atom. The maximum absolute atomic E-state index is 13.9. The fraction of sp³-hybridized carbons (Fsp3) is 0.929. The predicted molar refractivity (Wildman–Crippen MR) is 264 cm³/mol. The molecule has 70 heavy (non-hydrogen) atoms. The molecule has 8 aliphatic carbocycles. The first-order valence-electron chi connectivity index (χ1n) is 27.5. The van der Waals surface area contributed by atoms with Crippen LogP contribution in [-0.4, -0.2) is 105 Å². The van der Waals surface area contributed by atoms with E-state index in [-0.39, 0.29) is 157 Å². The number of Topliss-reactive ketones (excluding diaryl/α,β-unsaturated/α-hetero) is 2. The van der Waals surface area contributed by atoms with Crippen molar-refractivity contribution in [3.63, 3.8) is 0 Å². The quantitative estimate of drug-likeness (QED) is 0.136. The van der Waals surface area contributed by atoms with Crippen LogP contribution in [0.4, 0.5) is 0 Å². The smallest absolute Gasteiger partial charge is 1.00 e. The number of carbonyl (C=O) groups is 4. The van der Waals surface area contributed by atoms with Gasteiger partial charge in [0.2, 0.25) is 0 Å². The van der Waals surface area contributed by atoms with Gasteiger partial charge in [0, 0.05) is 58.5 Å². The van der Waals surface area contributed by atoms with Crippen LogP contribution in [0.5, 0.6) is 0 Å². The summed E-state index contributed by atoms with van der Waals surface area (Å²) in [5, 5.41) is 70.9. The van der Waals surface area contributed by atoms with E-state index in [1.165, 1.54) is 0 Å². The van der Waals surface area contributed by atoms with Gasteiger partial charge in [-0.05, 0) is 183 Å². The Bertz CT molecular complexity index is 1820. The minimum atomic E-state index is -0.766. The maximum atomic E-state index is 13.9. The summed E-state index contributed by atoms with van der Waals surface area (Å²) in [6.07, 6.45) is 13.3. The van der Waals surface area contributed by atoms with Crippen molar-refractivity contribution < 1.29 is 90.6 Å². The van der Waals surface area contributed by atoms with E-state index in [2.05, 4.69) is 55.4 Å². The molecule has 0 aromatic rings. The molecule has 3 radical (unpaired) electrons. The molecule has 0 aromatic carbocycles. The SMILES string of the molecule is CC[C@H]1C(=O)C2C3CC[C@H]([C@H](C)CCC(=O)O)[C@@]3(C)CC(=O)C2[C@@]2(C)CC[C@@H](O)C[C@@H]12.CC[C@H]1[C@@H](O)C2C3CC[C@H]([C@H](C)CCC(=O)O)[C@@]3(C)C[C@H](O)C2[C@@]2(C)CC[C@@H](O)C[C@@H]12.OC1CCCO1.[B].[H-].[Na+]. The molecule has 1 heterocycles. The third-order valence-corrected chi connectivity index (χ3v) is 22.2. The van der Waals surface area contributed by atoms with Crippen molar-refractivity contribution in [2.75, 3.05) is 6.61 Å². The van der Waals surface area contributed by atoms with Gasteiger partial charge in [0.15, 0.2) is 6.29 Å². The molecule has 393 valence electrons. The van der Waals surface area contributed by atoms with Crippen LogP contribution in [-0.2, 0) is 23.9 Å². The topological polar surface area (TPSA) is 219 Å². The Morgan fingerprint density at radius 2 is 1.24 bits per heavy atom. The first-order valence-corrected chi connectivity index (χ1v) is 27.5. The molecule has 1 aliphatic heterocycles. The summed E-state index contributed by atoms with van der Waals surface area (Å²) in [4.78, 5) is 49.9. The Balaban J connectivity index is 0.000000265. The Morgan fingerprint density at radius 3 is 1.74 bits per heavy atom. The molecule has 9 fully saturated rings. The van der Waals surface area contributed by atoms with Crippen LogP contribution in [0.1, 0.15) is 185 Å². The number of carbonyl (C=O) groups excluding carboxylic acids is 2. The second-order valence-corrected chi connectivity index (χ2v) is 25.5. The minimum absolute atomic E-state index is 0. The number of fused-ring (bicyclic) bond motifs is 10. The molecule has 14 heteroatoms. The van der Waals surface area contributed by atoms with Gasteiger partial charge in [-0.3, -0.25) is 19.2 Å². The molecule has 8 saturated carbocycles. The molecule has 0 amide bonds. The summed E-state index contributed by atoms with van der Waals surface area (Å²) in [5.41, 5.74) is -0.474. The zero-order chi connectivity index (χ0) is 49.8. The van der Waals surface area contributed by atoms with Gasteiger partial charge >= 0.3 is 41.5 Å². The van der Waals surface area contributed by atoms with Crippen LogP contribution in [0.2, 0.25) is 0 Å². The maximum Gasteiger partial charge on any atom is 1.00 e. The molecule has 0 aromatic heterocycles. The summed E-state index contributed by atoms with van der Waals surface area (Å²) in [5.74, 6) is 1.20. The van der Waals surface area contributed by atoms with E-state index in [1.807, 2.05) is 0 Å². The van der Waals surface area contributed by atoms with Gasteiger partial charge in [-0.2, -0.15) is 0 Å². The molecule has 1 saturated heterocycles. The summed E-state index contributed by atoms with van der Waals surface area (Å²) in [6, 6.07) is 0. The number of carboxylic acids is 2. The second-order valence-electron chi connectivity index (χ2n) is 25.5. The molecule has 7 unspecified atom stereocenters. The van der Waals surface area contributed by atoms with Crippen molar-refractivity contribution in [3.8, 4) is 0 Å². The van der Waals surface area contributed by atoms with E-state index in [0.29, 0.717) is 49.4 Å². The van der Waals surface area contributed by atoms with Crippen molar-refractivity contribution in [3.05, 3.63) is 0 Å². The monoisotopic (exact) mass is 992 g/mol. The van der Waals surface area contributed by atoms with Gasteiger partial charge in [-0.15, -0.1) is 0 Å². The van der Waals surface area contributed by atoms with Gasteiger partial charge < -0.3 is 41.9 Å². The average Bonchev–Trinajstić information content (AvgIpc) is 3.99. The largest absolute Gasteiger partial charge is 1.00 e. The number of carboxylic acid groups (broad SMARTS) is 2. The summed E-state index contributed by atoms with van der Waals surface area (Å²) in [7, 11) is 0. The number of aliphatic carboxylic acids is 2. The van der Waals surface area contributed by atoms with E-state index in [1.54, 1.807) is 0 Å². The fourth-order valence-electron chi connectivity index (χ4n) is 19.1. The third kappa shape index (κ3) is 10.9. The van der Waals surface area contributed by atoms with Crippen LogP contribution in [0.25, 0.3) is 0 Å². The van der Waals surface area contributed by atoms with Gasteiger partial charge in [0.25, 0.3) is 0 Å². The molecular formula is C56H93BNaO12. The first kappa shape index (κ1) is 60.0.